The van der Waals surface area contributed by atoms with Gasteiger partial charge < -0.3 is 0 Å². The maximum atomic E-state index is 11.4. The van der Waals surface area contributed by atoms with E-state index in [0.717, 1.165) is 12.1 Å². The van der Waals surface area contributed by atoms with Gasteiger partial charge in [-0.2, -0.15) is 5.10 Å². The van der Waals surface area contributed by atoms with E-state index >= 15 is 0 Å². The van der Waals surface area contributed by atoms with Crippen molar-refractivity contribution in [3.8, 4) is 0 Å². The summed E-state index contributed by atoms with van der Waals surface area (Å²) in [7, 11) is 0. The SMILES string of the molecule is CC1=NNC(=O)[C@H]1Cc1ccccc1. The summed E-state index contributed by atoms with van der Waals surface area (Å²) in [6, 6.07) is 9.99. The molecule has 0 saturated carbocycles. The van der Waals surface area contributed by atoms with Crippen LogP contribution in [-0.4, -0.2) is 11.6 Å². The fourth-order valence-electron chi connectivity index (χ4n) is 1.58. The number of nitrogens with one attached hydrogen (secondary N) is 1. The van der Waals surface area contributed by atoms with Crippen molar-refractivity contribution in [1.82, 2.24) is 5.43 Å². The van der Waals surface area contributed by atoms with Crippen LogP contribution >= 0.6 is 0 Å². The summed E-state index contributed by atoms with van der Waals surface area (Å²) in [6.07, 6.45) is 0.738. The molecule has 0 fully saturated rings. The average Bonchev–Trinajstić information content (AvgIpc) is 2.51. The normalized spacial score (nSPS) is 20.5. The lowest BCUT2D eigenvalue weighted by Crippen LogP contribution is -2.24. The number of carbonyl (C=O) groups is 1. The topological polar surface area (TPSA) is 41.5 Å². The first-order chi connectivity index (χ1) is 6.77. The molecule has 1 amide bonds. The lowest BCUT2D eigenvalue weighted by Gasteiger charge is -2.06. The van der Waals surface area contributed by atoms with Crippen LogP contribution in [0.2, 0.25) is 0 Å². The maximum absolute atomic E-state index is 11.4. The lowest BCUT2D eigenvalue weighted by molar-refractivity contribution is -0.122. The zero-order chi connectivity index (χ0) is 9.97. The first kappa shape index (κ1) is 8.94. The number of amides is 1. The molecule has 1 N–H and O–H groups in total. The fraction of sp³-hybridized carbons (Fsp3) is 0.273. The largest absolute Gasteiger partial charge is 0.272 e. The number of nitrogens with zero attached hydrogens (tertiary/aromatic N) is 1. The van der Waals surface area contributed by atoms with Gasteiger partial charge in [0.2, 0.25) is 5.91 Å². The minimum absolute atomic E-state index is 0.00588. The van der Waals surface area contributed by atoms with Crippen molar-refractivity contribution >= 4 is 11.6 Å². The minimum atomic E-state index is -0.0857. The summed E-state index contributed by atoms with van der Waals surface area (Å²) in [5.41, 5.74) is 4.53. The maximum Gasteiger partial charge on any atom is 0.249 e. The molecule has 0 radical (unpaired) electrons. The van der Waals surface area contributed by atoms with Crippen LogP contribution in [0.4, 0.5) is 0 Å². The van der Waals surface area contributed by atoms with E-state index in [4.69, 9.17) is 0 Å². The molecule has 0 spiro atoms. The molecule has 0 aliphatic carbocycles. The first-order valence-electron chi connectivity index (χ1n) is 4.65. The van der Waals surface area contributed by atoms with Gasteiger partial charge >= 0.3 is 0 Å². The van der Waals surface area contributed by atoms with Crippen molar-refractivity contribution in [3.05, 3.63) is 35.9 Å². The third-order valence-electron chi connectivity index (χ3n) is 2.45. The predicted octanol–water partition coefficient (Wildman–Crippen LogP) is 1.35. The van der Waals surface area contributed by atoms with Crippen molar-refractivity contribution in [2.24, 2.45) is 11.0 Å². The summed E-state index contributed by atoms with van der Waals surface area (Å²) in [6.45, 7) is 1.88. The number of rotatable bonds is 2. The van der Waals surface area contributed by atoms with Crippen molar-refractivity contribution in [2.75, 3.05) is 0 Å². The van der Waals surface area contributed by atoms with E-state index in [2.05, 4.69) is 10.5 Å². The molecule has 0 unspecified atom stereocenters. The molecule has 1 aromatic rings. The van der Waals surface area contributed by atoms with Gasteiger partial charge in [-0.25, -0.2) is 5.43 Å². The molecule has 0 aromatic heterocycles. The lowest BCUT2D eigenvalue weighted by atomic mass is 9.96. The summed E-state index contributed by atoms with van der Waals surface area (Å²) >= 11 is 0. The Kier molecular flexibility index (Phi) is 2.31. The Morgan fingerprint density at radius 3 is 2.64 bits per heavy atom. The molecule has 1 aromatic carbocycles. The molecule has 1 aliphatic heterocycles. The predicted molar refractivity (Wildman–Crippen MR) is 54.9 cm³/mol. The third-order valence-corrected chi connectivity index (χ3v) is 2.45. The van der Waals surface area contributed by atoms with Gasteiger partial charge in [-0.3, -0.25) is 4.79 Å². The van der Waals surface area contributed by atoms with Gasteiger partial charge in [0.1, 0.15) is 0 Å². The molecule has 1 aliphatic rings. The molecule has 2 rings (SSSR count). The highest BCUT2D eigenvalue weighted by molar-refractivity contribution is 6.07. The molecule has 1 atom stereocenters. The number of carbonyl (C=O) groups excluding carboxylic acids is 1. The van der Waals surface area contributed by atoms with Gasteiger partial charge in [-0.1, -0.05) is 30.3 Å². The van der Waals surface area contributed by atoms with Crippen LogP contribution in [0.25, 0.3) is 0 Å². The Morgan fingerprint density at radius 1 is 1.36 bits per heavy atom. The van der Waals surface area contributed by atoms with Crippen molar-refractivity contribution in [3.63, 3.8) is 0 Å². The van der Waals surface area contributed by atoms with Crippen molar-refractivity contribution in [1.29, 1.82) is 0 Å². The van der Waals surface area contributed by atoms with Gasteiger partial charge in [-0.05, 0) is 18.9 Å². The zero-order valence-corrected chi connectivity index (χ0v) is 8.03. The van der Waals surface area contributed by atoms with Crippen LogP contribution < -0.4 is 5.43 Å². The number of hydrazone groups is 1. The number of hydrogen-bond acceptors (Lipinski definition) is 2. The Balaban J connectivity index is 2.12. The highest BCUT2D eigenvalue weighted by Gasteiger charge is 2.26. The number of benzene rings is 1. The summed E-state index contributed by atoms with van der Waals surface area (Å²) < 4.78 is 0. The van der Waals surface area contributed by atoms with E-state index in [-0.39, 0.29) is 11.8 Å². The van der Waals surface area contributed by atoms with E-state index in [9.17, 15) is 4.79 Å². The summed E-state index contributed by atoms with van der Waals surface area (Å²) in [5.74, 6) is -0.0799. The van der Waals surface area contributed by atoms with Gasteiger partial charge in [0.05, 0.1) is 5.92 Å². The molecule has 0 bridgehead atoms. The minimum Gasteiger partial charge on any atom is -0.272 e. The average molecular weight is 188 g/mol. The van der Waals surface area contributed by atoms with Gasteiger partial charge in [-0.15, -0.1) is 0 Å². The van der Waals surface area contributed by atoms with Crippen LogP contribution in [0.3, 0.4) is 0 Å². The van der Waals surface area contributed by atoms with Gasteiger partial charge in [0.25, 0.3) is 0 Å². The third kappa shape index (κ3) is 1.66. The van der Waals surface area contributed by atoms with Crippen LogP contribution in [0.1, 0.15) is 12.5 Å². The smallest absolute Gasteiger partial charge is 0.249 e. The standard InChI is InChI=1S/C11H12N2O/c1-8-10(11(14)13-12-8)7-9-5-3-2-4-6-9/h2-6,10H,7H2,1H3,(H,13,14)/t10-/m0/s1. The summed E-state index contributed by atoms with van der Waals surface area (Å²) in [4.78, 5) is 11.4. The highest BCUT2D eigenvalue weighted by atomic mass is 16.2. The Hall–Kier alpha value is -1.64. The second-order valence-electron chi connectivity index (χ2n) is 3.47. The van der Waals surface area contributed by atoms with E-state index in [0.29, 0.717) is 0 Å². The molecule has 3 heteroatoms. The van der Waals surface area contributed by atoms with Crippen molar-refractivity contribution < 1.29 is 4.79 Å². The highest BCUT2D eigenvalue weighted by Crippen LogP contribution is 2.13. The molecular formula is C11H12N2O. The Labute approximate surface area is 82.8 Å². The fourth-order valence-corrected chi connectivity index (χ4v) is 1.58. The van der Waals surface area contributed by atoms with Gasteiger partial charge in [0.15, 0.2) is 0 Å². The van der Waals surface area contributed by atoms with Crippen LogP contribution in [0.15, 0.2) is 35.4 Å². The molecule has 0 saturated heterocycles. The van der Waals surface area contributed by atoms with E-state index in [1.807, 2.05) is 37.3 Å². The first-order valence-corrected chi connectivity index (χ1v) is 4.65. The van der Waals surface area contributed by atoms with E-state index in [1.165, 1.54) is 5.56 Å². The monoisotopic (exact) mass is 188 g/mol. The quantitative estimate of drug-likeness (QED) is 0.747. The molecule has 1 heterocycles. The van der Waals surface area contributed by atoms with Gasteiger partial charge in [0, 0.05) is 5.71 Å². The van der Waals surface area contributed by atoms with Crippen LogP contribution in [0, 0.1) is 5.92 Å². The van der Waals surface area contributed by atoms with Crippen LogP contribution in [-0.2, 0) is 11.2 Å². The summed E-state index contributed by atoms with van der Waals surface area (Å²) in [5, 5.41) is 3.91. The molecule has 72 valence electrons. The van der Waals surface area contributed by atoms with Crippen LogP contribution in [0.5, 0.6) is 0 Å². The molecule has 14 heavy (non-hydrogen) atoms. The second kappa shape index (κ2) is 3.62. The molecule has 3 nitrogen and oxygen atoms in total. The van der Waals surface area contributed by atoms with Crippen molar-refractivity contribution in [2.45, 2.75) is 13.3 Å². The second-order valence-corrected chi connectivity index (χ2v) is 3.47. The van der Waals surface area contributed by atoms with E-state index < -0.39 is 0 Å². The Morgan fingerprint density at radius 2 is 2.07 bits per heavy atom. The number of hydrogen-bond donors (Lipinski definition) is 1. The van der Waals surface area contributed by atoms with E-state index in [1.54, 1.807) is 0 Å². The Bertz CT molecular complexity index is 370. The zero-order valence-electron chi connectivity index (χ0n) is 8.03. The molecular weight excluding hydrogens is 176 g/mol.